The molecule has 0 saturated heterocycles. The van der Waals surface area contributed by atoms with Crippen molar-refractivity contribution in [2.45, 2.75) is 32.7 Å². The van der Waals surface area contributed by atoms with Crippen molar-refractivity contribution in [1.82, 2.24) is 30.9 Å². The average molecular weight is 369 g/mol. The van der Waals surface area contributed by atoms with E-state index in [0.29, 0.717) is 48.8 Å². The topological polar surface area (TPSA) is 114 Å². The summed E-state index contributed by atoms with van der Waals surface area (Å²) in [4.78, 5) is 12.7. The molecule has 0 spiro atoms. The maximum absolute atomic E-state index is 5.31. The second-order valence-electron chi connectivity index (χ2n) is 6.21. The zero-order chi connectivity index (χ0) is 19.1. The van der Waals surface area contributed by atoms with Gasteiger partial charge in [0.2, 0.25) is 0 Å². The third kappa shape index (κ3) is 5.13. The van der Waals surface area contributed by atoms with Crippen molar-refractivity contribution in [3.8, 4) is 11.6 Å². The third-order valence-corrected chi connectivity index (χ3v) is 3.82. The molecular formula is C18H23N7O2. The van der Waals surface area contributed by atoms with Crippen LogP contribution in [0.25, 0.3) is 11.6 Å². The molecule has 0 aliphatic carbocycles. The molecule has 0 atom stereocenters. The number of guanidine groups is 1. The summed E-state index contributed by atoms with van der Waals surface area (Å²) >= 11 is 0. The number of aromatic nitrogens is 4. The van der Waals surface area contributed by atoms with Gasteiger partial charge in [-0.15, -0.1) is 0 Å². The van der Waals surface area contributed by atoms with Crippen LogP contribution in [0.3, 0.4) is 0 Å². The quantitative estimate of drug-likeness (QED) is 0.481. The fraction of sp³-hybridized carbons (Fsp3) is 0.389. The number of nitrogens with zero attached hydrogens (tertiary/aromatic N) is 5. The van der Waals surface area contributed by atoms with Gasteiger partial charge in [0.15, 0.2) is 17.5 Å². The molecular weight excluding hydrogens is 346 g/mol. The molecule has 2 N–H and O–H groups in total. The van der Waals surface area contributed by atoms with Gasteiger partial charge in [0.1, 0.15) is 5.69 Å². The molecule has 3 aromatic rings. The minimum atomic E-state index is 0.339. The van der Waals surface area contributed by atoms with Crippen LogP contribution in [0.2, 0.25) is 0 Å². The van der Waals surface area contributed by atoms with E-state index in [4.69, 9.17) is 9.05 Å². The van der Waals surface area contributed by atoms with Crippen molar-refractivity contribution in [3.05, 3.63) is 47.7 Å². The van der Waals surface area contributed by atoms with Crippen LogP contribution < -0.4 is 10.6 Å². The van der Waals surface area contributed by atoms with Crippen molar-refractivity contribution in [3.63, 3.8) is 0 Å². The van der Waals surface area contributed by atoms with E-state index in [0.717, 1.165) is 11.5 Å². The first-order valence-electron chi connectivity index (χ1n) is 8.79. The smallest absolute Gasteiger partial charge is 0.276 e. The van der Waals surface area contributed by atoms with Crippen LogP contribution in [0.15, 0.2) is 44.5 Å². The molecule has 0 bridgehead atoms. The molecule has 3 rings (SSSR count). The van der Waals surface area contributed by atoms with E-state index in [1.807, 2.05) is 24.3 Å². The minimum Gasteiger partial charge on any atom is -0.359 e. The molecule has 0 radical (unpaired) electrons. The molecule has 142 valence electrons. The summed E-state index contributed by atoms with van der Waals surface area (Å²) in [6.45, 7) is 5.26. The SMILES string of the molecule is CN=C(NCCc1noc(-c2ccccn2)n1)NCc1cc(C(C)C)no1. The molecule has 0 amide bonds. The fourth-order valence-electron chi connectivity index (χ4n) is 2.32. The Hall–Kier alpha value is -3.23. The van der Waals surface area contributed by atoms with E-state index >= 15 is 0 Å². The van der Waals surface area contributed by atoms with Gasteiger partial charge in [0, 0.05) is 32.3 Å². The molecule has 3 heterocycles. The highest BCUT2D eigenvalue weighted by molar-refractivity contribution is 5.79. The summed E-state index contributed by atoms with van der Waals surface area (Å²) in [5.41, 5.74) is 1.60. The highest BCUT2D eigenvalue weighted by atomic mass is 16.5. The van der Waals surface area contributed by atoms with Gasteiger partial charge in [-0.1, -0.05) is 30.2 Å². The third-order valence-electron chi connectivity index (χ3n) is 3.82. The van der Waals surface area contributed by atoms with E-state index in [-0.39, 0.29) is 0 Å². The van der Waals surface area contributed by atoms with Crippen molar-refractivity contribution < 1.29 is 9.05 Å². The molecule has 0 aromatic carbocycles. The van der Waals surface area contributed by atoms with Crippen molar-refractivity contribution in [1.29, 1.82) is 0 Å². The van der Waals surface area contributed by atoms with Gasteiger partial charge in [-0.3, -0.25) is 9.98 Å². The number of rotatable bonds is 7. The van der Waals surface area contributed by atoms with Crippen molar-refractivity contribution in [2.75, 3.05) is 13.6 Å². The van der Waals surface area contributed by atoms with Crippen LogP contribution >= 0.6 is 0 Å². The number of hydrogen-bond donors (Lipinski definition) is 2. The Kier molecular flexibility index (Phi) is 6.14. The summed E-state index contributed by atoms with van der Waals surface area (Å²) in [6, 6.07) is 7.49. The van der Waals surface area contributed by atoms with E-state index in [9.17, 15) is 0 Å². The fourth-order valence-corrected chi connectivity index (χ4v) is 2.32. The normalized spacial score (nSPS) is 11.8. The summed E-state index contributed by atoms with van der Waals surface area (Å²) < 4.78 is 10.6. The van der Waals surface area contributed by atoms with Crippen LogP contribution in [-0.4, -0.2) is 39.8 Å². The molecule has 0 aliphatic rings. The van der Waals surface area contributed by atoms with Crippen LogP contribution in [0.4, 0.5) is 0 Å². The highest BCUT2D eigenvalue weighted by Gasteiger charge is 2.10. The first-order valence-corrected chi connectivity index (χ1v) is 8.79. The second kappa shape index (κ2) is 8.93. The zero-order valence-corrected chi connectivity index (χ0v) is 15.6. The maximum Gasteiger partial charge on any atom is 0.276 e. The Labute approximate surface area is 157 Å². The lowest BCUT2D eigenvalue weighted by atomic mass is 10.1. The van der Waals surface area contributed by atoms with Gasteiger partial charge in [-0.05, 0) is 18.1 Å². The molecule has 9 heteroatoms. The number of nitrogens with one attached hydrogen (secondary N) is 2. The Bertz CT molecular complexity index is 871. The maximum atomic E-state index is 5.31. The molecule has 3 aromatic heterocycles. The lowest BCUT2D eigenvalue weighted by molar-refractivity contribution is 0.372. The van der Waals surface area contributed by atoms with Gasteiger partial charge < -0.3 is 19.7 Å². The Morgan fingerprint density at radius 3 is 2.78 bits per heavy atom. The van der Waals surface area contributed by atoms with E-state index < -0.39 is 0 Å². The van der Waals surface area contributed by atoms with Gasteiger partial charge in [-0.25, -0.2) is 0 Å². The predicted octanol–water partition coefficient (Wildman–Crippen LogP) is 2.15. The first kappa shape index (κ1) is 18.6. The van der Waals surface area contributed by atoms with E-state index in [2.05, 4.69) is 49.8 Å². The summed E-state index contributed by atoms with van der Waals surface area (Å²) in [6.07, 6.45) is 2.28. The van der Waals surface area contributed by atoms with Crippen molar-refractivity contribution in [2.24, 2.45) is 4.99 Å². The predicted molar refractivity (Wildman–Crippen MR) is 100 cm³/mol. The molecule has 0 fully saturated rings. The minimum absolute atomic E-state index is 0.339. The number of pyridine rings is 1. The molecule has 0 unspecified atom stereocenters. The highest BCUT2D eigenvalue weighted by Crippen LogP contribution is 2.14. The molecule has 27 heavy (non-hydrogen) atoms. The van der Waals surface area contributed by atoms with E-state index in [1.165, 1.54) is 0 Å². The average Bonchev–Trinajstić information content (AvgIpc) is 3.35. The monoisotopic (exact) mass is 369 g/mol. The van der Waals surface area contributed by atoms with Crippen LogP contribution in [0.1, 0.15) is 37.0 Å². The standard InChI is InChI=1S/C18H23N7O2/c1-12(2)15-10-13(26-24-15)11-22-18(19-3)21-9-7-16-23-17(27-25-16)14-6-4-5-8-20-14/h4-6,8,10,12H,7,9,11H2,1-3H3,(H2,19,21,22). The van der Waals surface area contributed by atoms with Gasteiger partial charge in [0.05, 0.1) is 12.2 Å². The van der Waals surface area contributed by atoms with Crippen LogP contribution in [-0.2, 0) is 13.0 Å². The Morgan fingerprint density at radius 1 is 1.19 bits per heavy atom. The van der Waals surface area contributed by atoms with E-state index in [1.54, 1.807) is 13.2 Å². The number of aliphatic imine (C=N–C) groups is 1. The Balaban J connectivity index is 1.45. The summed E-state index contributed by atoms with van der Waals surface area (Å²) in [7, 11) is 1.71. The van der Waals surface area contributed by atoms with Gasteiger partial charge in [0.25, 0.3) is 5.89 Å². The van der Waals surface area contributed by atoms with Gasteiger partial charge in [-0.2, -0.15) is 4.98 Å². The lowest BCUT2D eigenvalue weighted by Crippen LogP contribution is -2.37. The number of hydrogen-bond acceptors (Lipinski definition) is 7. The largest absolute Gasteiger partial charge is 0.359 e. The first-order chi connectivity index (χ1) is 13.2. The zero-order valence-electron chi connectivity index (χ0n) is 15.6. The molecule has 0 saturated carbocycles. The van der Waals surface area contributed by atoms with Crippen LogP contribution in [0.5, 0.6) is 0 Å². The molecule has 0 aliphatic heterocycles. The van der Waals surface area contributed by atoms with Gasteiger partial charge >= 0.3 is 0 Å². The molecule has 9 nitrogen and oxygen atoms in total. The second-order valence-corrected chi connectivity index (χ2v) is 6.21. The van der Waals surface area contributed by atoms with Crippen molar-refractivity contribution >= 4 is 5.96 Å². The Morgan fingerprint density at radius 2 is 2.07 bits per heavy atom. The summed E-state index contributed by atoms with van der Waals surface area (Å²) in [5.74, 6) is 2.78. The van der Waals surface area contributed by atoms with Crippen LogP contribution in [0, 0.1) is 0 Å². The summed E-state index contributed by atoms with van der Waals surface area (Å²) in [5, 5.41) is 14.4. The lowest BCUT2D eigenvalue weighted by Gasteiger charge is -2.09.